The third-order valence-corrected chi connectivity index (χ3v) is 6.31. The largest absolute Gasteiger partial charge is 0.449 e. The quantitative estimate of drug-likeness (QED) is 0.476. The van der Waals surface area contributed by atoms with Gasteiger partial charge in [0.2, 0.25) is 5.79 Å². The Kier molecular flexibility index (Phi) is 8.05. The van der Waals surface area contributed by atoms with Crippen molar-refractivity contribution in [2.24, 2.45) is 0 Å². The molecule has 9 heteroatoms. The van der Waals surface area contributed by atoms with Gasteiger partial charge in [0.15, 0.2) is 11.6 Å². The average Bonchev–Trinajstić information content (AvgIpc) is 3.20. The van der Waals surface area contributed by atoms with E-state index in [2.05, 4.69) is 5.32 Å². The van der Waals surface area contributed by atoms with Crippen LogP contribution >= 0.6 is 0 Å². The molecule has 3 saturated heterocycles. The van der Waals surface area contributed by atoms with E-state index in [0.29, 0.717) is 19.8 Å². The Bertz CT molecular complexity index is 857. The second kappa shape index (κ2) is 10.7. The lowest BCUT2D eigenvalue weighted by atomic mass is 10.0. The topological polar surface area (TPSA) is 93.7 Å². The van der Waals surface area contributed by atoms with E-state index < -0.39 is 23.5 Å². The number of carbonyl (C=O) groups excluding carboxylic acids is 1. The van der Waals surface area contributed by atoms with Crippen LogP contribution < -0.4 is 5.32 Å². The number of fused-ring (bicyclic) bond motifs is 3. The summed E-state index contributed by atoms with van der Waals surface area (Å²) in [6.07, 6.45) is 2.28. The molecule has 1 aromatic carbocycles. The van der Waals surface area contributed by atoms with E-state index in [1.165, 1.54) is 0 Å². The van der Waals surface area contributed by atoms with Crippen LogP contribution in [0.25, 0.3) is 0 Å². The molecule has 0 saturated carbocycles. The molecule has 3 heterocycles. The molecule has 0 aromatic heterocycles. The molecule has 4 rings (SSSR count). The summed E-state index contributed by atoms with van der Waals surface area (Å²) in [5, 5.41) is 2.73. The minimum Gasteiger partial charge on any atom is -0.449 e. The first-order chi connectivity index (χ1) is 16.6. The molecule has 3 fully saturated rings. The molecule has 35 heavy (non-hydrogen) atoms. The average molecular weight is 494 g/mol. The van der Waals surface area contributed by atoms with Gasteiger partial charge in [-0.1, -0.05) is 24.1 Å². The first kappa shape index (κ1) is 26.3. The van der Waals surface area contributed by atoms with Crippen molar-refractivity contribution in [3.8, 4) is 0 Å². The van der Waals surface area contributed by atoms with Gasteiger partial charge in [0.05, 0.1) is 13.2 Å². The van der Waals surface area contributed by atoms with Crippen molar-refractivity contribution in [1.82, 2.24) is 0 Å². The second-order valence-electron chi connectivity index (χ2n) is 10.4. The molecule has 3 aliphatic rings. The van der Waals surface area contributed by atoms with E-state index in [0.717, 1.165) is 36.9 Å². The lowest BCUT2D eigenvalue weighted by molar-refractivity contribution is -0.331. The first-order valence-corrected chi connectivity index (χ1v) is 12.5. The second-order valence-corrected chi connectivity index (χ2v) is 10.4. The number of anilines is 1. The fourth-order valence-corrected chi connectivity index (χ4v) is 4.71. The lowest BCUT2D eigenvalue weighted by Gasteiger charge is -2.38. The van der Waals surface area contributed by atoms with E-state index in [-0.39, 0.29) is 24.9 Å². The fraction of sp³-hybridized carbons (Fsp3) is 0.731. The number of carbonyl (C=O) groups is 1. The third-order valence-electron chi connectivity index (χ3n) is 6.31. The molecule has 9 nitrogen and oxygen atoms in total. The number of ether oxygens (including phenoxy) is 7. The zero-order valence-corrected chi connectivity index (χ0v) is 21.5. The molecule has 0 unspecified atom stereocenters. The fourth-order valence-electron chi connectivity index (χ4n) is 4.71. The van der Waals surface area contributed by atoms with E-state index in [9.17, 15) is 4.79 Å². The maximum absolute atomic E-state index is 11.9. The molecule has 0 aliphatic carbocycles. The van der Waals surface area contributed by atoms with Gasteiger partial charge in [-0.15, -0.1) is 0 Å². The number of hydrogen-bond donors (Lipinski definition) is 1. The van der Waals surface area contributed by atoms with E-state index >= 15 is 0 Å². The molecule has 0 spiro atoms. The van der Waals surface area contributed by atoms with Crippen LogP contribution in [-0.2, 0) is 33.2 Å². The Morgan fingerprint density at radius 2 is 1.69 bits per heavy atom. The Labute approximate surface area is 207 Å². The highest BCUT2D eigenvalue weighted by Gasteiger charge is 2.67. The Hall–Kier alpha value is -1.75. The predicted molar refractivity (Wildman–Crippen MR) is 128 cm³/mol. The van der Waals surface area contributed by atoms with Crippen molar-refractivity contribution in [2.75, 3.05) is 31.7 Å². The minimum absolute atomic E-state index is 0.254. The van der Waals surface area contributed by atoms with Crippen LogP contribution in [0.5, 0.6) is 0 Å². The SMILES string of the molecule is Cc1ccc(NC(=O)OCCCCCCOC[C@@]23O[C@H]4COC(C)(C)O[C@H]4[C@@H]2OC(C)(C)O3)cc1. The number of aryl methyl sites for hydroxylation is 1. The normalized spacial score (nSPS) is 30.5. The molecule has 0 radical (unpaired) electrons. The van der Waals surface area contributed by atoms with Gasteiger partial charge in [0.1, 0.15) is 24.9 Å². The summed E-state index contributed by atoms with van der Waals surface area (Å²) in [5.41, 5.74) is 1.87. The lowest BCUT2D eigenvalue weighted by Crippen LogP contribution is -2.51. The maximum atomic E-state index is 11.9. The van der Waals surface area contributed by atoms with Crippen molar-refractivity contribution in [3.63, 3.8) is 0 Å². The Morgan fingerprint density at radius 1 is 0.971 bits per heavy atom. The van der Waals surface area contributed by atoms with Gasteiger partial charge in [-0.2, -0.15) is 0 Å². The van der Waals surface area contributed by atoms with Gasteiger partial charge < -0.3 is 33.2 Å². The highest BCUT2D eigenvalue weighted by atomic mass is 16.9. The Balaban J connectivity index is 1.11. The molecule has 3 aliphatic heterocycles. The van der Waals surface area contributed by atoms with Gasteiger partial charge in [-0.05, 0) is 66.0 Å². The van der Waals surface area contributed by atoms with Crippen molar-refractivity contribution in [3.05, 3.63) is 29.8 Å². The predicted octanol–water partition coefficient (Wildman–Crippen LogP) is 4.52. The monoisotopic (exact) mass is 493 g/mol. The van der Waals surface area contributed by atoms with Crippen LogP contribution in [0.2, 0.25) is 0 Å². The highest BCUT2D eigenvalue weighted by Crippen LogP contribution is 2.49. The number of hydrogen-bond acceptors (Lipinski definition) is 8. The van der Waals surface area contributed by atoms with E-state index in [1.807, 2.05) is 58.9 Å². The van der Waals surface area contributed by atoms with Crippen molar-refractivity contribution < 1.29 is 38.0 Å². The molecule has 1 N–H and O–H groups in total. The molecule has 196 valence electrons. The molecule has 0 bridgehead atoms. The van der Waals surface area contributed by atoms with Crippen molar-refractivity contribution in [2.45, 2.75) is 96.0 Å². The zero-order chi connectivity index (χ0) is 25.1. The van der Waals surface area contributed by atoms with Gasteiger partial charge in [-0.25, -0.2) is 4.79 Å². The summed E-state index contributed by atoms with van der Waals surface area (Å²) in [5.74, 6) is -2.47. The third kappa shape index (κ3) is 6.72. The molecule has 1 aromatic rings. The van der Waals surface area contributed by atoms with Crippen LogP contribution in [0.1, 0.15) is 58.9 Å². The van der Waals surface area contributed by atoms with Gasteiger partial charge in [-0.3, -0.25) is 5.32 Å². The highest BCUT2D eigenvalue weighted by molar-refractivity contribution is 5.84. The van der Waals surface area contributed by atoms with E-state index in [1.54, 1.807) is 0 Å². The van der Waals surface area contributed by atoms with Gasteiger partial charge >= 0.3 is 6.09 Å². The van der Waals surface area contributed by atoms with Gasteiger partial charge in [0.25, 0.3) is 0 Å². The number of amides is 1. The first-order valence-electron chi connectivity index (χ1n) is 12.5. The Morgan fingerprint density at radius 3 is 2.43 bits per heavy atom. The summed E-state index contributed by atoms with van der Waals surface area (Å²) < 4.78 is 41.7. The van der Waals surface area contributed by atoms with Crippen LogP contribution in [0, 0.1) is 6.92 Å². The summed E-state index contributed by atoms with van der Waals surface area (Å²) in [4.78, 5) is 11.9. The van der Waals surface area contributed by atoms with Crippen LogP contribution in [0.3, 0.4) is 0 Å². The number of unbranched alkanes of at least 4 members (excludes halogenated alkanes) is 3. The van der Waals surface area contributed by atoms with Crippen LogP contribution in [0.15, 0.2) is 24.3 Å². The molecular weight excluding hydrogens is 454 g/mol. The number of benzene rings is 1. The van der Waals surface area contributed by atoms with Crippen molar-refractivity contribution in [1.29, 1.82) is 0 Å². The number of rotatable bonds is 10. The van der Waals surface area contributed by atoms with Crippen molar-refractivity contribution >= 4 is 11.8 Å². The van der Waals surface area contributed by atoms with Crippen LogP contribution in [0.4, 0.5) is 10.5 Å². The zero-order valence-electron chi connectivity index (χ0n) is 21.5. The summed E-state index contributed by atoms with van der Waals surface area (Å²) in [7, 11) is 0. The summed E-state index contributed by atoms with van der Waals surface area (Å²) >= 11 is 0. The van der Waals surface area contributed by atoms with Crippen LogP contribution in [-0.4, -0.2) is 68.2 Å². The molecule has 1 amide bonds. The number of nitrogens with one attached hydrogen (secondary N) is 1. The summed E-state index contributed by atoms with van der Waals surface area (Å²) in [6, 6.07) is 7.60. The minimum atomic E-state index is -0.999. The van der Waals surface area contributed by atoms with Gasteiger partial charge in [0, 0.05) is 12.3 Å². The van der Waals surface area contributed by atoms with E-state index in [4.69, 9.17) is 33.2 Å². The molecule has 4 atom stereocenters. The smallest absolute Gasteiger partial charge is 0.411 e. The standard InChI is InChI=1S/C26H39NO8/c1-18-10-12-19(13-11-18)27-23(28)30-15-9-7-6-8-14-29-17-26-22(34-25(4,5)35-26)21-20(32-26)16-31-24(2,3)33-21/h10-13,20-22H,6-9,14-17H2,1-5H3,(H,27,28)/t20-,21+,22-,26-/m0/s1. The molecular formula is C26H39NO8. The maximum Gasteiger partial charge on any atom is 0.411 e. The summed E-state index contributed by atoms with van der Waals surface area (Å²) in [6.45, 7) is 11.2.